The molecule has 4 nitrogen and oxygen atoms in total. The first kappa shape index (κ1) is 14.6. The highest BCUT2D eigenvalue weighted by Crippen LogP contribution is 2.38. The standard InChI is InChI=1S/C19H17FN4/c1-10(2)18-17(11-3-5-13(20)6-4-11)14-7-12-9-22-24-16(12)8-15(14)19(21)23-18/h3-10H,1-2H3,(H2,21,23)(H,22,24). The Morgan fingerprint density at radius 1 is 1.08 bits per heavy atom. The van der Waals surface area contributed by atoms with Crippen molar-refractivity contribution < 1.29 is 4.39 Å². The van der Waals surface area contributed by atoms with Gasteiger partial charge in [0.25, 0.3) is 0 Å². The molecule has 24 heavy (non-hydrogen) atoms. The summed E-state index contributed by atoms with van der Waals surface area (Å²) in [6.07, 6.45) is 1.79. The first-order valence-corrected chi connectivity index (χ1v) is 7.86. The number of benzene rings is 2. The number of nitrogens with one attached hydrogen (secondary N) is 1. The first-order chi connectivity index (χ1) is 11.5. The third-order valence-electron chi connectivity index (χ3n) is 4.30. The summed E-state index contributed by atoms with van der Waals surface area (Å²) in [7, 11) is 0. The second kappa shape index (κ2) is 5.30. The van der Waals surface area contributed by atoms with Gasteiger partial charge < -0.3 is 5.73 Å². The van der Waals surface area contributed by atoms with E-state index < -0.39 is 0 Å². The Kier molecular flexibility index (Phi) is 3.23. The van der Waals surface area contributed by atoms with Gasteiger partial charge in [0.05, 0.1) is 17.4 Å². The highest BCUT2D eigenvalue weighted by atomic mass is 19.1. The maximum Gasteiger partial charge on any atom is 0.131 e. The van der Waals surface area contributed by atoms with E-state index in [1.165, 1.54) is 12.1 Å². The summed E-state index contributed by atoms with van der Waals surface area (Å²) in [5.41, 5.74) is 9.98. The number of rotatable bonds is 2. The number of pyridine rings is 1. The normalized spacial score (nSPS) is 11.7. The van der Waals surface area contributed by atoms with E-state index in [1.54, 1.807) is 18.3 Å². The zero-order valence-electron chi connectivity index (χ0n) is 13.5. The first-order valence-electron chi connectivity index (χ1n) is 7.86. The van der Waals surface area contributed by atoms with Crippen LogP contribution >= 0.6 is 0 Å². The average Bonchev–Trinajstić information content (AvgIpc) is 3.01. The van der Waals surface area contributed by atoms with Crippen molar-refractivity contribution in [2.75, 3.05) is 5.73 Å². The largest absolute Gasteiger partial charge is 0.383 e. The van der Waals surface area contributed by atoms with Crippen molar-refractivity contribution in [2.24, 2.45) is 0 Å². The monoisotopic (exact) mass is 320 g/mol. The van der Waals surface area contributed by atoms with Gasteiger partial charge in [0.15, 0.2) is 0 Å². The molecule has 5 heteroatoms. The van der Waals surface area contributed by atoms with Gasteiger partial charge in [-0.05, 0) is 41.1 Å². The molecule has 2 aromatic carbocycles. The smallest absolute Gasteiger partial charge is 0.131 e. The fraction of sp³-hybridized carbons (Fsp3) is 0.158. The van der Waals surface area contributed by atoms with Gasteiger partial charge in [-0.1, -0.05) is 26.0 Å². The molecule has 0 saturated carbocycles. The van der Waals surface area contributed by atoms with Crippen LogP contribution in [0.3, 0.4) is 0 Å². The van der Waals surface area contributed by atoms with Crippen molar-refractivity contribution in [2.45, 2.75) is 19.8 Å². The molecule has 0 amide bonds. The summed E-state index contributed by atoms with van der Waals surface area (Å²) >= 11 is 0. The van der Waals surface area contributed by atoms with Gasteiger partial charge in [0.2, 0.25) is 0 Å². The molecular formula is C19H17FN4. The van der Waals surface area contributed by atoms with Gasteiger partial charge in [-0.3, -0.25) is 5.10 Å². The Morgan fingerprint density at radius 3 is 2.54 bits per heavy atom. The molecule has 0 aliphatic rings. The van der Waals surface area contributed by atoms with Crippen LogP contribution in [0.5, 0.6) is 0 Å². The van der Waals surface area contributed by atoms with E-state index in [4.69, 9.17) is 5.73 Å². The molecular weight excluding hydrogens is 303 g/mol. The molecule has 3 N–H and O–H groups in total. The number of anilines is 1. The van der Waals surface area contributed by atoms with E-state index >= 15 is 0 Å². The van der Waals surface area contributed by atoms with Crippen molar-refractivity contribution in [3.63, 3.8) is 0 Å². The van der Waals surface area contributed by atoms with Gasteiger partial charge in [-0.2, -0.15) is 5.10 Å². The molecule has 0 aliphatic heterocycles. The molecule has 2 heterocycles. The van der Waals surface area contributed by atoms with Gasteiger partial charge in [-0.25, -0.2) is 9.37 Å². The number of aromatic nitrogens is 3. The van der Waals surface area contributed by atoms with Crippen LogP contribution in [-0.2, 0) is 0 Å². The molecule has 0 saturated heterocycles. The van der Waals surface area contributed by atoms with Gasteiger partial charge >= 0.3 is 0 Å². The van der Waals surface area contributed by atoms with Crippen LogP contribution in [0.15, 0.2) is 42.6 Å². The van der Waals surface area contributed by atoms with Crippen molar-refractivity contribution in [1.29, 1.82) is 0 Å². The van der Waals surface area contributed by atoms with Crippen molar-refractivity contribution in [3.05, 3.63) is 54.1 Å². The highest BCUT2D eigenvalue weighted by molar-refractivity contribution is 6.08. The fourth-order valence-corrected chi connectivity index (χ4v) is 3.13. The molecule has 120 valence electrons. The van der Waals surface area contributed by atoms with E-state index in [0.29, 0.717) is 5.82 Å². The molecule has 0 fully saturated rings. The molecule has 0 bridgehead atoms. The number of H-pyrrole nitrogens is 1. The van der Waals surface area contributed by atoms with Crippen LogP contribution < -0.4 is 5.73 Å². The van der Waals surface area contributed by atoms with Crippen LogP contribution in [0.25, 0.3) is 32.8 Å². The van der Waals surface area contributed by atoms with E-state index in [2.05, 4.69) is 35.1 Å². The SMILES string of the molecule is CC(C)c1nc(N)c2cc3[nH]ncc3cc2c1-c1ccc(F)cc1. The van der Waals surface area contributed by atoms with Crippen LogP contribution in [0.2, 0.25) is 0 Å². The average molecular weight is 320 g/mol. The van der Waals surface area contributed by atoms with E-state index in [-0.39, 0.29) is 11.7 Å². The van der Waals surface area contributed by atoms with E-state index in [0.717, 1.165) is 38.5 Å². The minimum absolute atomic E-state index is 0.191. The summed E-state index contributed by atoms with van der Waals surface area (Å²) in [5, 5.41) is 9.93. The predicted molar refractivity (Wildman–Crippen MR) is 95.3 cm³/mol. The van der Waals surface area contributed by atoms with Crippen molar-refractivity contribution >= 4 is 27.5 Å². The molecule has 0 spiro atoms. The lowest BCUT2D eigenvalue weighted by atomic mass is 9.92. The number of aromatic amines is 1. The quantitative estimate of drug-likeness (QED) is 0.566. The number of nitrogen functional groups attached to an aromatic ring is 1. The van der Waals surface area contributed by atoms with Crippen LogP contribution in [0.4, 0.5) is 10.2 Å². The lowest BCUT2D eigenvalue weighted by Crippen LogP contribution is -2.03. The third kappa shape index (κ3) is 2.21. The zero-order chi connectivity index (χ0) is 16.8. The Hall–Kier alpha value is -2.95. The van der Waals surface area contributed by atoms with Gasteiger partial charge in [-0.15, -0.1) is 0 Å². The molecule has 0 unspecified atom stereocenters. The third-order valence-corrected chi connectivity index (χ3v) is 4.30. The lowest BCUT2D eigenvalue weighted by molar-refractivity contribution is 0.628. The molecule has 0 atom stereocenters. The Morgan fingerprint density at radius 2 is 1.83 bits per heavy atom. The minimum Gasteiger partial charge on any atom is -0.383 e. The van der Waals surface area contributed by atoms with Crippen molar-refractivity contribution in [3.8, 4) is 11.1 Å². The Bertz CT molecular complexity index is 1050. The summed E-state index contributed by atoms with van der Waals surface area (Å²) in [4.78, 5) is 4.64. The van der Waals surface area contributed by atoms with Crippen LogP contribution in [-0.4, -0.2) is 15.2 Å². The number of nitrogens with two attached hydrogens (primary N) is 1. The van der Waals surface area contributed by atoms with E-state index in [1.807, 2.05) is 6.07 Å². The number of nitrogens with zero attached hydrogens (tertiary/aromatic N) is 2. The molecule has 0 radical (unpaired) electrons. The maximum absolute atomic E-state index is 13.4. The fourth-order valence-electron chi connectivity index (χ4n) is 3.13. The molecule has 2 aromatic heterocycles. The Balaban J connectivity index is 2.16. The number of halogens is 1. The molecule has 4 rings (SSSR count). The summed E-state index contributed by atoms with van der Waals surface area (Å²) < 4.78 is 13.4. The number of hydrogen-bond acceptors (Lipinski definition) is 3. The maximum atomic E-state index is 13.4. The predicted octanol–water partition coefficient (Wildman–Crippen LogP) is 4.62. The zero-order valence-corrected chi connectivity index (χ0v) is 13.5. The number of fused-ring (bicyclic) bond motifs is 2. The van der Waals surface area contributed by atoms with Gasteiger partial charge in [0.1, 0.15) is 11.6 Å². The second-order valence-corrected chi connectivity index (χ2v) is 6.27. The van der Waals surface area contributed by atoms with Crippen LogP contribution in [0.1, 0.15) is 25.5 Å². The van der Waals surface area contributed by atoms with Crippen LogP contribution in [0, 0.1) is 5.82 Å². The number of hydrogen-bond donors (Lipinski definition) is 2. The molecule has 0 aliphatic carbocycles. The van der Waals surface area contributed by atoms with E-state index in [9.17, 15) is 4.39 Å². The lowest BCUT2D eigenvalue weighted by Gasteiger charge is -2.17. The minimum atomic E-state index is -0.255. The second-order valence-electron chi connectivity index (χ2n) is 6.27. The topological polar surface area (TPSA) is 67.6 Å². The summed E-state index contributed by atoms with van der Waals surface area (Å²) in [5.74, 6) is 0.433. The van der Waals surface area contributed by atoms with Crippen molar-refractivity contribution in [1.82, 2.24) is 15.2 Å². The molecule has 4 aromatic rings. The summed E-state index contributed by atoms with van der Waals surface area (Å²) in [6.45, 7) is 4.16. The Labute approximate surface area is 138 Å². The van der Waals surface area contributed by atoms with Gasteiger partial charge in [0, 0.05) is 16.3 Å². The highest BCUT2D eigenvalue weighted by Gasteiger charge is 2.18. The summed E-state index contributed by atoms with van der Waals surface area (Å²) in [6, 6.07) is 10.5.